The Morgan fingerprint density at radius 1 is 1.43 bits per heavy atom. The maximum atomic E-state index is 13.8. The predicted octanol–water partition coefficient (Wildman–Crippen LogP) is 2.08. The average molecular weight is 292 g/mol. The van der Waals surface area contributed by atoms with Crippen LogP contribution in [0.2, 0.25) is 0 Å². The highest BCUT2D eigenvalue weighted by atomic mass is 19.1. The van der Waals surface area contributed by atoms with Gasteiger partial charge in [0.1, 0.15) is 5.56 Å². The van der Waals surface area contributed by atoms with E-state index in [0.717, 1.165) is 25.0 Å². The van der Waals surface area contributed by atoms with Crippen LogP contribution in [0.15, 0.2) is 23.1 Å². The van der Waals surface area contributed by atoms with Crippen LogP contribution in [-0.4, -0.2) is 20.6 Å². The van der Waals surface area contributed by atoms with E-state index in [2.05, 4.69) is 0 Å². The molecule has 0 aliphatic heterocycles. The first-order valence-electron chi connectivity index (χ1n) is 6.16. The number of carbonyl (C=O) groups is 1. The number of hydrogen-bond acceptors (Lipinski definition) is 4. The van der Waals surface area contributed by atoms with Crippen molar-refractivity contribution in [2.75, 3.05) is 0 Å². The SMILES string of the molecule is O=C(O)c1cn(C2CC2)c2cc(F)c([N+](=O)[O-])cc2c1=O. The summed E-state index contributed by atoms with van der Waals surface area (Å²) in [6.07, 6.45) is 2.75. The van der Waals surface area contributed by atoms with Crippen LogP contribution >= 0.6 is 0 Å². The molecule has 0 amide bonds. The van der Waals surface area contributed by atoms with Crippen LogP contribution in [0.4, 0.5) is 10.1 Å². The second-order valence-electron chi connectivity index (χ2n) is 4.89. The summed E-state index contributed by atoms with van der Waals surface area (Å²) in [5, 5.41) is 19.7. The van der Waals surface area contributed by atoms with Crippen LogP contribution in [0.3, 0.4) is 0 Å². The molecule has 1 aliphatic rings. The molecular weight excluding hydrogens is 283 g/mol. The molecule has 108 valence electrons. The van der Waals surface area contributed by atoms with Crippen LogP contribution in [0.25, 0.3) is 10.9 Å². The van der Waals surface area contributed by atoms with Gasteiger partial charge in [-0.25, -0.2) is 4.79 Å². The number of pyridine rings is 1. The molecule has 0 atom stereocenters. The van der Waals surface area contributed by atoms with Crippen LogP contribution in [0.5, 0.6) is 0 Å². The van der Waals surface area contributed by atoms with Gasteiger partial charge in [-0.05, 0) is 12.8 Å². The van der Waals surface area contributed by atoms with Gasteiger partial charge in [0.15, 0.2) is 0 Å². The Balaban J connectivity index is 2.44. The molecule has 0 unspecified atom stereocenters. The van der Waals surface area contributed by atoms with E-state index in [1.54, 1.807) is 0 Å². The molecule has 1 saturated carbocycles. The quantitative estimate of drug-likeness (QED) is 0.689. The maximum absolute atomic E-state index is 13.8. The van der Waals surface area contributed by atoms with E-state index in [1.165, 1.54) is 10.8 Å². The Labute approximate surface area is 116 Å². The second kappa shape index (κ2) is 4.37. The summed E-state index contributed by atoms with van der Waals surface area (Å²) in [7, 11) is 0. The normalized spacial score (nSPS) is 14.3. The fourth-order valence-corrected chi connectivity index (χ4v) is 2.31. The lowest BCUT2D eigenvalue weighted by atomic mass is 10.1. The van der Waals surface area contributed by atoms with Gasteiger partial charge in [0.05, 0.1) is 15.8 Å². The van der Waals surface area contributed by atoms with E-state index in [1.807, 2.05) is 0 Å². The van der Waals surface area contributed by atoms with Crippen LogP contribution in [-0.2, 0) is 0 Å². The van der Waals surface area contributed by atoms with Crippen molar-refractivity contribution in [3.8, 4) is 0 Å². The number of nitrogens with zero attached hydrogens (tertiary/aromatic N) is 2. The summed E-state index contributed by atoms with van der Waals surface area (Å²) in [6.45, 7) is 0. The third kappa shape index (κ3) is 2.04. The number of carboxylic acid groups (broad SMARTS) is 1. The Morgan fingerprint density at radius 2 is 2.10 bits per heavy atom. The molecule has 1 fully saturated rings. The molecule has 1 aromatic carbocycles. The van der Waals surface area contributed by atoms with Crippen molar-refractivity contribution in [3.63, 3.8) is 0 Å². The largest absolute Gasteiger partial charge is 0.477 e. The molecule has 0 spiro atoms. The summed E-state index contributed by atoms with van der Waals surface area (Å²) in [5.74, 6) is -2.47. The Kier molecular flexibility index (Phi) is 2.75. The highest BCUT2D eigenvalue weighted by Crippen LogP contribution is 2.37. The van der Waals surface area contributed by atoms with Crippen LogP contribution < -0.4 is 5.43 Å². The van der Waals surface area contributed by atoms with E-state index >= 15 is 0 Å². The fraction of sp³-hybridized carbons (Fsp3) is 0.231. The van der Waals surface area contributed by atoms with Crippen molar-refractivity contribution < 1.29 is 19.2 Å². The fourth-order valence-electron chi connectivity index (χ4n) is 2.31. The highest BCUT2D eigenvalue weighted by molar-refractivity contribution is 5.93. The van der Waals surface area contributed by atoms with Crippen LogP contribution in [0.1, 0.15) is 29.2 Å². The first-order chi connectivity index (χ1) is 9.90. The summed E-state index contributed by atoms with van der Waals surface area (Å²) >= 11 is 0. The van der Waals surface area contributed by atoms with Gasteiger partial charge in [-0.1, -0.05) is 0 Å². The van der Waals surface area contributed by atoms with Gasteiger partial charge in [-0.15, -0.1) is 0 Å². The zero-order valence-corrected chi connectivity index (χ0v) is 10.6. The zero-order valence-electron chi connectivity index (χ0n) is 10.6. The summed E-state index contributed by atoms with van der Waals surface area (Å²) in [5.41, 5.74) is -1.99. The third-order valence-electron chi connectivity index (χ3n) is 3.47. The molecule has 3 rings (SSSR count). The Morgan fingerprint density at radius 3 is 2.62 bits per heavy atom. The number of fused-ring (bicyclic) bond motifs is 1. The predicted molar refractivity (Wildman–Crippen MR) is 70.1 cm³/mol. The topological polar surface area (TPSA) is 102 Å². The molecule has 1 heterocycles. The zero-order chi connectivity index (χ0) is 15.3. The highest BCUT2D eigenvalue weighted by Gasteiger charge is 2.28. The minimum Gasteiger partial charge on any atom is -0.477 e. The third-order valence-corrected chi connectivity index (χ3v) is 3.47. The number of nitro benzene ring substituents is 1. The van der Waals surface area contributed by atoms with E-state index in [-0.39, 0.29) is 16.9 Å². The summed E-state index contributed by atoms with van der Waals surface area (Å²) in [6, 6.07) is 1.71. The van der Waals surface area contributed by atoms with Crippen LogP contribution in [0, 0.1) is 15.9 Å². The van der Waals surface area contributed by atoms with E-state index in [9.17, 15) is 24.1 Å². The second-order valence-corrected chi connectivity index (χ2v) is 4.89. The number of hydrogen-bond donors (Lipinski definition) is 1. The number of nitro groups is 1. The van der Waals surface area contributed by atoms with Gasteiger partial charge in [-0.2, -0.15) is 4.39 Å². The van der Waals surface area contributed by atoms with Crippen molar-refractivity contribution in [1.82, 2.24) is 4.57 Å². The van der Waals surface area contributed by atoms with E-state index in [4.69, 9.17) is 5.11 Å². The Bertz CT molecular complexity index is 854. The number of carboxylic acids is 1. The van der Waals surface area contributed by atoms with Gasteiger partial charge >= 0.3 is 11.7 Å². The van der Waals surface area contributed by atoms with Gasteiger partial charge in [0, 0.05) is 24.4 Å². The lowest BCUT2D eigenvalue weighted by molar-refractivity contribution is -0.387. The lowest BCUT2D eigenvalue weighted by Gasteiger charge is -2.11. The molecular formula is C13H9FN2O5. The smallest absolute Gasteiger partial charge is 0.341 e. The van der Waals surface area contributed by atoms with Gasteiger partial charge in [0.2, 0.25) is 11.2 Å². The summed E-state index contributed by atoms with van der Waals surface area (Å²) in [4.78, 5) is 33.1. The molecule has 2 aromatic rings. The first kappa shape index (κ1) is 13.2. The minimum absolute atomic E-state index is 0.00736. The standard InChI is InChI=1S/C13H9FN2O5/c14-9-4-10-7(3-11(9)16(20)21)12(17)8(13(18)19)5-15(10)6-1-2-6/h3-6H,1-2H2,(H,18,19). The number of aromatic carboxylic acids is 1. The number of benzene rings is 1. The average Bonchev–Trinajstić information content (AvgIpc) is 3.22. The van der Waals surface area contributed by atoms with Gasteiger partial charge in [0.25, 0.3) is 0 Å². The van der Waals surface area contributed by atoms with Crippen molar-refractivity contribution in [2.24, 2.45) is 0 Å². The van der Waals surface area contributed by atoms with Crippen molar-refractivity contribution in [3.05, 3.63) is 50.0 Å². The molecule has 1 aromatic heterocycles. The molecule has 21 heavy (non-hydrogen) atoms. The molecule has 0 radical (unpaired) electrons. The van der Waals surface area contributed by atoms with E-state index in [0.29, 0.717) is 0 Å². The molecule has 8 heteroatoms. The molecule has 1 N–H and O–H groups in total. The lowest BCUT2D eigenvalue weighted by Crippen LogP contribution is -2.19. The number of rotatable bonds is 3. The number of aromatic nitrogens is 1. The van der Waals surface area contributed by atoms with Crippen molar-refractivity contribution in [1.29, 1.82) is 0 Å². The molecule has 7 nitrogen and oxygen atoms in total. The van der Waals surface area contributed by atoms with Crippen molar-refractivity contribution >= 4 is 22.6 Å². The van der Waals surface area contributed by atoms with E-state index < -0.39 is 33.4 Å². The molecule has 1 aliphatic carbocycles. The Hall–Kier alpha value is -2.77. The molecule has 0 saturated heterocycles. The minimum atomic E-state index is -1.41. The monoisotopic (exact) mass is 292 g/mol. The van der Waals surface area contributed by atoms with Gasteiger partial charge in [-0.3, -0.25) is 14.9 Å². The summed E-state index contributed by atoms with van der Waals surface area (Å²) < 4.78 is 15.3. The molecule has 0 bridgehead atoms. The van der Waals surface area contributed by atoms with Gasteiger partial charge < -0.3 is 9.67 Å². The van der Waals surface area contributed by atoms with Crippen molar-refractivity contribution in [2.45, 2.75) is 18.9 Å². The number of halogens is 1. The maximum Gasteiger partial charge on any atom is 0.341 e. The first-order valence-corrected chi connectivity index (χ1v) is 6.16.